The van der Waals surface area contributed by atoms with Crippen LogP contribution < -0.4 is 10.1 Å². The number of hydrogen-bond acceptors (Lipinski definition) is 4. The van der Waals surface area contributed by atoms with Gasteiger partial charge in [0.05, 0.1) is 17.4 Å². The van der Waals surface area contributed by atoms with Crippen LogP contribution in [0.3, 0.4) is 0 Å². The maximum absolute atomic E-state index is 12.0. The van der Waals surface area contributed by atoms with Gasteiger partial charge in [-0.3, -0.25) is 9.97 Å². The Morgan fingerprint density at radius 1 is 1.10 bits per heavy atom. The first-order valence-corrected chi connectivity index (χ1v) is 6.15. The molecule has 1 N–H and O–H groups in total. The molecule has 0 spiro atoms. The molecule has 0 fully saturated rings. The molecular weight excluding hydrogens is 264 g/mol. The van der Waals surface area contributed by atoms with Gasteiger partial charge in [0, 0.05) is 18.1 Å². The number of ether oxygens (including phenoxy) is 1. The summed E-state index contributed by atoms with van der Waals surface area (Å²) in [6, 6.07) is 6.31. The first-order valence-electron chi connectivity index (χ1n) is 6.15. The summed E-state index contributed by atoms with van der Waals surface area (Å²) >= 11 is 0. The molecule has 1 atom stereocenters. The lowest BCUT2D eigenvalue weighted by Gasteiger charge is -2.16. The molecule has 0 bridgehead atoms. The van der Waals surface area contributed by atoms with Crippen LogP contribution in [-0.2, 0) is 0 Å². The van der Waals surface area contributed by atoms with Gasteiger partial charge in [-0.1, -0.05) is 0 Å². The molecule has 0 saturated heterocycles. The standard InChI is InChI=1S/C14H15F2N3O/c1-9-13(18-8-7-17-9)10(2)19-11-3-5-12(6-4-11)20-14(15)16/h3-8,10,14,19H,1-2H3. The minimum Gasteiger partial charge on any atom is -0.435 e. The van der Waals surface area contributed by atoms with E-state index in [4.69, 9.17) is 0 Å². The summed E-state index contributed by atoms with van der Waals surface area (Å²) in [5.74, 6) is 0.133. The Kier molecular flexibility index (Phi) is 4.45. The predicted molar refractivity (Wildman–Crippen MR) is 71.9 cm³/mol. The van der Waals surface area contributed by atoms with E-state index in [1.165, 1.54) is 12.1 Å². The molecule has 0 aliphatic rings. The Hall–Kier alpha value is -2.24. The molecule has 1 aromatic heterocycles. The molecule has 0 radical (unpaired) electrons. The highest BCUT2D eigenvalue weighted by atomic mass is 19.3. The molecule has 4 nitrogen and oxygen atoms in total. The van der Waals surface area contributed by atoms with Gasteiger partial charge in [-0.05, 0) is 38.1 Å². The summed E-state index contributed by atoms with van der Waals surface area (Å²) in [4.78, 5) is 8.47. The monoisotopic (exact) mass is 279 g/mol. The van der Waals surface area contributed by atoms with Gasteiger partial charge in [0.25, 0.3) is 0 Å². The fourth-order valence-corrected chi connectivity index (χ4v) is 1.89. The Labute approximate surface area is 115 Å². The minimum absolute atomic E-state index is 0.0365. The van der Waals surface area contributed by atoms with Crippen molar-refractivity contribution in [2.75, 3.05) is 5.32 Å². The molecule has 6 heteroatoms. The van der Waals surface area contributed by atoms with E-state index in [1.54, 1.807) is 24.5 Å². The summed E-state index contributed by atoms with van der Waals surface area (Å²) < 4.78 is 28.4. The van der Waals surface area contributed by atoms with E-state index < -0.39 is 6.61 Å². The second-order valence-electron chi connectivity index (χ2n) is 4.30. The molecule has 1 heterocycles. The minimum atomic E-state index is -2.81. The van der Waals surface area contributed by atoms with Crippen molar-refractivity contribution >= 4 is 5.69 Å². The van der Waals surface area contributed by atoms with Gasteiger partial charge in [0.15, 0.2) is 0 Å². The van der Waals surface area contributed by atoms with Crippen molar-refractivity contribution in [3.63, 3.8) is 0 Å². The molecule has 1 unspecified atom stereocenters. The van der Waals surface area contributed by atoms with E-state index in [0.29, 0.717) is 0 Å². The third kappa shape index (κ3) is 3.63. The highest BCUT2D eigenvalue weighted by molar-refractivity contribution is 5.47. The van der Waals surface area contributed by atoms with Crippen LogP contribution in [0.15, 0.2) is 36.7 Å². The maximum Gasteiger partial charge on any atom is 0.387 e. The zero-order chi connectivity index (χ0) is 14.5. The summed E-state index contributed by atoms with van der Waals surface area (Å²) in [5, 5.41) is 3.23. The molecule has 2 aromatic rings. The van der Waals surface area contributed by atoms with Gasteiger partial charge in [-0.25, -0.2) is 0 Å². The van der Waals surface area contributed by atoms with E-state index in [2.05, 4.69) is 20.0 Å². The summed E-state index contributed by atoms with van der Waals surface area (Å²) in [6.45, 7) is 1.04. The van der Waals surface area contributed by atoms with Crippen LogP contribution in [0.2, 0.25) is 0 Å². The normalized spacial score (nSPS) is 12.2. The van der Waals surface area contributed by atoms with Gasteiger partial charge in [-0.15, -0.1) is 0 Å². The highest BCUT2D eigenvalue weighted by Gasteiger charge is 2.10. The second kappa shape index (κ2) is 6.27. The average Bonchev–Trinajstić information content (AvgIpc) is 2.41. The third-order valence-corrected chi connectivity index (χ3v) is 2.79. The van der Waals surface area contributed by atoms with Crippen molar-refractivity contribution in [2.45, 2.75) is 26.5 Å². The number of benzene rings is 1. The summed E-state index contributed by atoms with van der Waals surface area (Å²) in [5.41, 5.74) is 2.50. The predicted octanol–water partition coefficient (Wildman–Crippen LogP) is 3.56. The van der Waals surface area contributed by atoms with E-state index >= 15 is 0 Å². The maximum atomic E-state index is 12.0. The van der Waals surface area contributed by atoms with Crippen LogP contribution in [0, 0.1) is 6.92 Å². The topological polar surface area (TPSA) is 47.0 Å². The number of halogens is 2. The first kappa shape index (κ1) is 14.2. The first-order chi connectivity index (χ1) is 9.56. The number of alkyl halides is 2. The zero-order valence-corrected chi connectivity index (χ0v) is 11.2. The van der Waals surface area contributed by atoms with Crippen LogP contribution in [0.25, 0.3) is 0 Å². The van der Waals surface area contributed by atoms with Gasteiger partial charge < -0.3 is 10.1 Å². The van der Waals surface area contributed by atoms with Crippen molar-refractivity contribution in [3.05, 3.63) is 48.0 Å². The van der Waals surface area contributed by atoms with Crippen LogP contribution >= 0.6 is 0 Å². The summed E-state index contributed by atoms with van der Waals surface area (Å²) in [6.07, 6.45) is 3.28. The Morgan fingerprint density at radius 3 is 2.35 bits per heavy atom. The van der Waals surface area contributed by atoms with Gasteiger partial charge >= 0.3 is 6.61 Å². The molecule has 20 heavy (non-hydrogen) atoms. The molecule has 1 aromatic carbocycles. The largest absolute Gasteiger partial charge is 0.435 e. The van der Waals surface area contributed by atoms with Crippen LogP contribution in [-0.4, -0.2) is 16.6 Å². The van der Waals surface area contributed by atoms with Crippen LogP contribution in [0.4, 0.5) is 14.5 Å². The van der Waals surface area contributed by atoms with Crippen molar-refractivity contribution in [1.29, 1.82) is 0 Å². The molecule has 2 rings (SSSR count). The van der Waals surface area contributed by atoms with Crippen molar-refractivity contribution in [1.82, 2.24) is 9.97 Å². The van der Waals surface area contributed by atoms with E-state index in [1.807, 2.05) is 13.8 Å². The Bertz CT molecular complexity index is 561. The average molecular weight is 279 g/mol. The van der Waals surface area contributed by atoms with Gasteiger partial charge in [-0.2, -0.15) is 8.78 Å². The molecule has 106 valence electrons. The van der Waals surface area contributed by atoms with Crippen molar-refractivity contribution in [2.24, 2.45) is 0 Å². The lowest BCUT2D eigenvalue weighted by Crippen LogP contribution is -2.11. The fraction of sp³-hybridized carbons (Fsp3) is 0.286. The number of hydrogen-bond donors (Lipinski definition) is 1. The number of nitrogens with zero attached hydrogens (tertiary/aromatic N) is 2. The number of aryl methyl sites for hydroxylation is 1. The molecule has 0 saturated carbocycles. The quantitative estimate of drug-likeness (QED) is 0.909. The summed E-state index contributed by atoms with van der Waals surface area (Å²) in [7, 11) is 0. The van der Waals surface area contributed by atoms with E-state index in [-0.39, 0.29) is 11.8 Å². The van der Waals surface area contributed by atoms with Crippen molar-refractivity contribution in [3.8, 4) is 5.75 Å². The number of nitrogens with one attached hydrogen (secondary N) is 1. The van der Waals surface area contributed by atoms with Gasteiger partial charge in [0.1, 0.15) is 5.75 Å². The van der Waals surface area contributed by atoms with Crippen LogP contribution in [0.1, 0.15) is 24.4 Å². The van der Waals surface area contributed by atoms with E-state index in [9.17, 15) is 8.78 Å². The third-order valence-electron chi connectivity index (χ3n) is 2.79. The lowest BCUT2D eigenvalue weighted by atomic mass is 10.1. The Morgan fingerprint density at radius 2 is 1.75 bits per heavy atom. The van der Waals surface area contributed by atoms with Crippen molar-refractivity contribution < 1.29 is 13.5 Å². The zero-order valence-electron chi connectivity index (χ0n) is 11.2. The van der Waals surface area contributed by atoms with Crippen LogP contribution in [0.5, 0.6) is 5.75 Å². The SMILES string of the molecule is Cc1nccnc1C(C)Nc1ccc(OC(F)F)cc1. The number of anilines is 1. The lowest BCUT2D eigenvalue weighted by molar-refractivity contribution is -0.0498. The van der Waals surface area contributed by atoms with E-state index in [0.717, 1.165) is 17.1 Å². The number of aromatic nitrogens is 2. The fourth-order valence-electron chi connectivity index (χ4n) is 1.89. The van der Waals surface area contributed by atoms with Gasteiger partial charge in [0.2, 0.25) is 0 Å². The smallest absolute Gasteiger partial charge is 0.387 e. The molecule has 0 aliphatic carbocycles. The number of rotatable bonds is 5. The Balaban J connectivity index is 2.05. The molecule has 0 amide bonds. The highest BCUT2D eigenvalue weighted by Crippen LogP contribution is 2.22. The molecule has 0 aliphatic heterocycles. The second-order valence-corrected chi connectivity index (χ2v) is 4.30. The molecular formula is C14H15F2N3O.